The molecular weight excluding hydrogens is 376 g/mol. The van der Waals surface area contributed by atoms with Gasteiger partial charge >= 0.3 is 5.97 Å². The third kappa shape index (κ3) is 4.60. The van der Waals surface area contributed by atoms with Gasteiger partial charge in [0, 0.05) is 28.8 Å². The van der Waals surface area contributed by atoms with Crippen LogP contribution in [-0.4, -0.2) is 23.4 Å². The molecule has 0 atom stereocenters. The molecule has 2 aromatic carbocycles. The van der Waals surface area contributed by atoms with Crippen molar-refractivity contribution in [3.05, 3.63) is 69.0 Å². The fourth-order valence-electron chi connectivity index (χ4n) is 2.91. The summed E-state index contributed by atoms with van der Waals surface area (Å²) in [6.07, 6.45) is 1.50. The fraction of sp³-hybridized carbons (Fsp3) is 0.238. The molecule has 1 heterocycles. The predicted octanol–water partition coefficient (Wildman–Crippen LogP) is 3.99. The molecule has 0 aliphatic carbocycles. The average Bonchev–Trinajstić information content (AvgIpc) is 3.03. The number of ether oxygens (including phenoxy) is 1. The minimum absolute atomic E-state index is 0.0145. The molecule has 0 aliphatic rings. The molecule has 8 heteroatoms. The summed E-state index contributed by atoms with van der Waals surface area (Å²) < 4.78 is 10.5. The fourth-order valence-corrected chi connectivity index (χ4v) is 2.91. The molecule has 1 aromatic heterocycles. The van der Waals surface area contributed by atoms with Crippen LogP contribution in [0.4, 0.5) is 11.4 Å². The zero-order valence-corrected chi connectivity index (χ0v) is 16.3. The van der Waals surface area contributed by atoms with Gasteiger partial charge in [-0.05, 0) is 55.7 Å². The second-order valence-corrected chi connectivity index (χ2v) is 6.84. The van der Waals surface area contributed by atoms with Crippen LogP contribution in [0.3, 0.4) is 0 Å². The monoisotopic (exact) mass is 396 g/mol. The zero-order chi connectivity index (χ0) is 21.1. The van der Waals surface area contributed by atoms with Crippen LogP contribution in [0, 0.1) is 30.9 Å². The lowest BCUT2D eigenvalue weighted by Crippen LogP contribution is -2.22. The number of hydrogen-bond acceptors (Lipinski definition) is 6. The molecule has 3 aromatic rings. The van der Waals surface area contributed by atoms with Crippen molar-refractivity contribution >= 4 is 34.2 Å². The molecular formula is C21H20N2O6. The molecule has 29 heavy (non-hydrogen) atoms. The summed E-state index contributed by atoms with van der Waals surface area (Å²) in [6.45, 7) is 5.15. The first-order valence-electron chi connectivity index (χ1n) is 8.92. The van der Waals surface area contributed by atoms with Gasteiger partial charge in [-0.3, -0.25) is 19.7 Å². The molecule has 0 unspecified atom stereocenters. The Balaban J connectivity index is 1.58. The Morgan fingerprint density at radius 2 is 1.83 bits per heavy atom. The summed E-state index contributed by atoms with van der Waals surface area (Å²) in [5.41, 5.74) is 4.47. The summed E-state index contributed by atoms with van der Waals surface area (Å²) in [5.74, 6) is -1.08. The Morgan fingerprint density at radius 1 is 1.10 bits per heavy atom. The van der Waals surface area contributed by atoms with Crippen molar-refractivity contribution in [3.63, 3.8) is 0 Å². The maximum absolute atomic E-state index is 12.1. The van der Waals surface area contributed by atoms with Gasteiger partial charge in [0.25, 0.3) is 11.6 Å². The number of esters is 1. The van der Waals surface area contributed by atoms with Gasteiger partial charge in [0.15, 0.2) is 6.61 Å². The quantitative estimate of drug-likeness (QED) is 0.383. The van der Waals surface area contributed by atoms with E-state index >= 15 is 0 Å². The zero-order valence-electron chi connectivity index (χ0n) is 16.3. The first-order valence-corrected chi connectivity index (χ1v) is 8.92. The molecule has 0 fully saturated rings. The minimum Gasteiger partial charge on any atom is -0.464 e. The smallest absolute Gasteiger partial charge is 0.310 e. The van der Waals surface area contributed by atoms with Crippen molar-refractivity contribution in [1.82, 2.24) is 0 Å². The second kappa shape index (κ2) is 8.14. The number of nitro groups is 1. The van der Waals surface area contributed by atoms with Gasteiger partial charge in [0.2, 0.25) is 0 Å². The van der Waals surface area contributed by atoms with Crippen LogP contribution in [0.1, 0.15) is 22.3 Å². The lowest BCUT2D eigenvalue weighted by Gasteiger charge is -2.09. The van der Waals surface area contributed by atoms with Crippen molar-refractivity contribution in [2.24, 2.45) is 0 Å². The van der Waals surface area contributed by atoms with Gasteiger partial charge in [-0.15, -0.1) is 0 Å². The number of non-ortho nitro benzene ring substituents is 1. The van der Waals surface area contributed by atoms with E-state index in [1.165, 1.54) is 24.5 Å². The highest BCUT2D eigenvalue weighted by Crippen LogP contribution is 2.25. The van der Waals surface area contributed by atoms with Crippen molar-refractivity contribution < 1.29 is 23.7 Å². The van der Waals surface area contributed by atoms with Crippen molar-refractivity contribution in [2.75, 3.05) is 11.9 Å². The van der Waals surface area contributed by atoms with E-state index < -0.39 is 23.4 Å². The Labute approximate surface area is 166 Å². The van der Waals surface area contributed by atoms with Crippen LogP contribution >= 0.6 is 0 Å². The van der Waals surface area contributed by atoms with E-state index in [4.69, 9.17) is 9.15 Å². The second-order valence-electron chi connectivity index (χ2n) is 6.84. The van der Waals surface area contributed by atoms with Crippen LogP contribution in [0.15, 0.2) is 41.0 Å². The molecule has 0 bridgehead atoms. The summed E-state index contributed by atoms with van der Waals surface area (Å²) >= 11 is 0. The van der Waals surface area contributed by atoms with E-state index in [9.17, 15) is 19.7 Å². The lowest BCUT2D eigenvalue weighted by atomic mass is 10.0. The van der Waals surface area contributed by atoms with E-state index in [0.29, 0.717) is 22.4 Å². The number of amides is 1. The average molecular weight is 396 g/mol. The number of aryl methyl sites for hydroxylation is 3. The number of furan rings is 1. The normalized spacial score (nSPS) is 10.7. The highest BCUT2D eigenvalue weighted by atomic mass is 16.6. The number of nitrogens with one attached hydrogen (secondary N) is 1. The van der Waals surface area contributed by atoms with E-state index in [0.717, 1.165) is 16.5 Å². The minimum atomic E-state index is -0.554. The topological polar surface area (TPSA) is 112 Å². The molecule has 150 valence electrons. The van der Waals surface area contributed by atoms with Crippen molar-refractivity contribution in [2.45, 2.75) is 27.2 Å². The summed E-state index contributed by atoms with van der Waals surface area (Å²) in [4.78, 5) is 34.4. The molecule has 1 N–H and O–H groups in total. The Bertz CT molecular complexity index is 1120. The molecule has 0 saturated carbocycles. The maximum Gasteiger partial charge on any atom is 0.310 e. The number of benzene rings is 2. The number of fused-ring (bicyclic) bond motifs is 1. The molecule has 3 rings (SSSR count). The predicted molar refractivity (Wildman–Crippen MR) is 107 cm³/mol. The molecule has 0 spiro atoms. The van der Waals surface area contributed by atoms with Crippen molar-refractivity contribution in [3.8, 4) is 0 Å². The van der Waals surface area contributed by atoms with E-state index in [-0.39, 0.29) is 12.1 Å². The van der Waals surface area contributed by atoms with Gasteiger partial charge in [0.05, 0.1) is 17.6 Å². The number of anilines is 1. The third-order valence-corrected chi connectivity index (χ3v) is 4.66. The Morgan fingerprint density at radius 3 is 2.52 bits per heavy atom. The Hall–Kier alpha value is -3.68. The maximum atomic E-state index is 12.1. The Kier molecular flexibility index (Phi) is 5.63. The summed E-state index contributed by atoms with van der Waals surface area (Å²) in [5, 5.41) is 14.2. The van der Waals surface area contributed by atoms with E-state index in [1.54, 1.807) is 6.92 Å². The molecule has 0 aliphatic heterocycles. The van der Waals surface area contributed by atoms with Crippen molar-refractivity contribution in [1.29, 1.82) is 0 Å². The third-order valence-electron chi connectivity index (χ3n) is 4.66. The SMILES string of the molecule is Cc1cc2occ(CC(=O)OCC(=O)Nc3ccc([N+](=O)[O-])cc3C)c2cc1C. The van der Waals surface area contributed by atoms with E-state index in [2.05, 4.69) is 5.32 Å². The van der Waals surface area contributed by atoms with Crippen LogP contribution in [-0.2, 0) is 20.7 Å². The van der Waals surface area contributed by atoms with Gasteiger partial charge < -0.3 is 14.5 Å². The van der Waals surface area contributed by atoms with Gasteiger partial charge in [-0.25, -0.2) is 0 Å². The number of hydrogen-bond donors (Lipinski definition) is 1. The first-order chi connectivity index (χ1) is 13.7. The van der Waals surface area contributed by atoms with E-state index in [1.807, 2.05) is 26.0 Å². The van der Waals surface area contributed by atoms with Crippen LogP contribution in [0.5, 0.6) is 0 Å². The van der Waals surface area contributed by atoms with Gasteiger partial charge in [0.1, 0.15) is 5.58 Å². The molecule has 8 nitrogen and oxygen atoms in total. The van der Waals surface area contributed by atoms with Crippen LogP contribution in [0.2, 0.25) is 0 Å². The van der Waals surface area contributed by atoms with Crippen LogP contribution < -0.4 is 5.32 Å². The molecule has 1 amide bonds. The van der Waals surface area contributed by atoms with Crippen LogP contribution in [0.25, 0.3) is 11.0 Å². The largest absolute Gasteiger partial charge is 0.464 e. The number of carbonyl (C=O) groups excluding carboxylic acids is 2. The highest BCUT2D eigenvalue weighted by molar-refractivity contribution is 5.94. The molecule has 0 saturated heterocycles. The summed E-state index contributed by atoms with van der Waals surface area (Å²) in [7, 11) is 0. The number of nitro benzene ring substituents is 1. The number of rotatable bonds is 6. The standard InChI is InChI=1S/C21H20N2O6/c1-12-7-17-15(10-28-19(17)8-13(12)2)9-21(25)29-11-20(24)22-18-5-4-16(23(26)27)6-14(18)3/h4-8,10H,9,11H2,1-3H3,(H,22,24). The lowest BCUT2D eigenvalue weighted by molar-refractivity contribution is -0.384. The van der Waals surface area contributed by atoms with Gasteiger partial charge in [-0.2, -0.15) is 0 Å². The highest BCUT2D eigenvalue weighted by Gasteiger charge is 2.15. The first kappa shape index (κ1) is 20.1. The number of nitrogens with zero attached hydrogens (tertiary/aromatic N) is 1. The summed E-state index contributed by atoms with van der Waals surface area (Å²) in [6, 6.07) is 7.97. The molecule has 0 radical (unpaired) electrons. The van der Waals surface area contributed by atoms with Gasteiger partial charge in [-0.1, -0.05) is 0 Å². The number of carbonyl (C=O) groups is 2.